The lowest BCUT2D eigenvalue weighted by Gasteiger charge is -2.33. The van der Waals surface area contributed by atoms with Crippen molar-refractivity contribution in [2.75, 3.05) is 26.2 Å². The van der Waals surface area contributed by atoms with Crippen molar-refractivity contribution >= 4 is 5.91 Å². The van der Waals surface area contributed by atoms with Crippen LogP contribution in [0.2, 0.25) is 0 Å². The smallest absolute Gasteiger partial charge is 0.251 e. The molecule has 2 fully saturated rings. The summed E-state index contributed by atoms with van der Waals surface area (Å²) in [5.74, 6) is 0.504. The zero-order valence-corrected chi connectivity index (χ0v) is 12.9. The fraction of sp³-hybridized carbons (Fsp3) is 0.556. The van der Waals surface area contributed by atoms with Gasteiger partial charge in [-0.05, 0) is 50.3 Å². The number of nitriles is 1. The maximum absolute atomic E-state index is 12.1. The molecule has 0 unspecified atom stereocenters. The molecular weight excluding hydrogens is 274 g/mol. The van der Waals surface area contributed by atoms with Crippen LogP contribution in [0, 0.1) is 22.7 Å². The first-order chi connectivity index (χ1) is 10.7. The molecule has 1 aliphatic heterocycles. The molecule has 1 amide bonds. The quantitative estimate of drug-likeness (QED) is 0.908. The molecule has 4 heteroatoms. The van der Waals surface area contributed by atoms with Gasteiger partial charge in [-0.15, -0.1) is 0 Å². The number of nitrogens with one attached hydrogen (secondary N) is 1. The molecule has 116 valence electrons. The number of rotatable bonds is 5. The number of carbonyl (C=O) groups excluding carboxylic acids is 1. The summed E-state index contributed by atoms with van der Waals surface area (Å²) in [5.41, 5.74) is 0.659. The molecule has 2 aliphatic rings. The van der Waals surface area contributed by atoms with Crippen LogP contribution in [0.4, 0.5) is 0 Å². The highest BCUT2D eigenvalue weighted by Crippen LogP contribution is 2.45. The zero-order chi connectivity index (χ0) is 15.4. The van der Waals surface area contributed by atoms with Crippen LogP contribution in [0.5, 0.6) is 0 Å². The van der Waals surface area contributed by atoms with Crippen LogP contribution in [0.3, 0.4) is 0 Å². The van der Waals surface area contributed by atoms with Gasteiger partial charge in [0.05, 0.1) is 11.5 Å². The van der Waals surface area contributed by atoms with Crippen LogP contribution in [-0.4, -0.2) is 37.0 Å². The lowest BCUT2D eigenvalue weighted by atomic mass is 9.96. The third-order valence-electron chi connectivity index (χ3n) is 4.81. The van der Waals surface area contributed by atoms with Crippen molar-refractivity contribution in [1.29, 1.82) is 5.26 Å². The Morgan fingerprint density at radius 2 is 2.14 bits per heavy atom. The van der Waals surface area contributed by atoms with E-state index in [1.165, 1.54) is 0 Å². The molecule has 3 rings (SSSR count). The average Bonchev–Trinajstić information content (AvgIpc) is 3.34. The van der Waals surface area contributed by atoms with E-state index in [2.05, 4.69) is 16.3 Å². The SMILES string of the molecule is N#CC1(CN2CCC[C@H](CNC(=O)c3ccccc3)C2)CC1. The number of amides is 1. The summed E-state index contributed by atoms with van der Waals surface area (Å²) in [7, 11) is 0. The Morgan fingerprint density at radius 1 is 1.36 bits per heavy atom. The Morgan fingerprint density at radius 3 is 2.82 bits per heavy atom. The molecule has 1 N–H and O–H groups in total. The van der Waals surface area contributed by atoms with Crippen LogP contribution in [0.25, 0.3) is 0 Å². The third kappa shape index (κ3) is 3.66. The standard InChI is InChI=1S/C18H23N3O/c19-13-18(8-9-18)14-21-10-4-5-15(12-21)11-20-17(22)16-6-2-1-3-7-16/h1-3,6-7,15H,4-5,8-12,14H2,(H,20,22)/t15-/m1/s1. The second-order valence-corrected chi connectivity index (χ2v) is 6.71. The van der Waals surface area contributed by atoms with Crippen LogP contribution < -0.4 is 5.32 Å². The zero-order valence-electron chi connectivity index (χ0n) is 12.9. The van der Waals surface area contributed by atoms with E-state index < -0.39 is 0 Å². The summed E-state index contributed by atoms with van der Waals surface area (Å²) >= 11 is 0. The maximum atomic E-state index is 12.1. The molecule has 0 bridgehead atoms. The number of hydrogen-bond acceptors (Lipinski definition) is 3. The van der Waals surface area contributed by atoms with Crippen molar-refractivity contribution < 1.29 is 4.79 Å². The van der Waals surface area contributed by atoms with E-state index in [1.54, 1.807) is 0 Å². The van der Waals surface area contributed by atoms with Gasteiger partial charge in [0.25, 0.3) is 5.91 Å². The Kier molecular flexibility index (Phi) is 4.44. The minimum absolute atomic E-state index is 0.00779. The molecule has 1 saturated heterocycles. The summed E-state index contributed by atoms with van der Waals surface area (Å²) in [6, 6.07) is 11.8. The molecule has 1 aromatic carbocycles. The molecule has 1 heterocycles. The highest BCUT2D eigenvalue weighted by Gasteiger charge is 2.44. The summed E-state index contributed by atoms with van der Waals surface area (Å²) in [5, 5.41) is 12.3. The van der Waals surface area contributed by atoms with Gasteiger partial charge in [0, 0.05) is 25.2 Å². The summed E-state index contributed by atoms with van der Waals surface area (Å²) in [4.78, 5) is 14.5. The molecular formula is C18H23N3O. The second kappa shape index (κ2) is 6.50. The Bertz CT molecular complexity index is 559. The van der Waals surface area contributed by atoms with Crippen molar-refractivity contribution in [2.24, 2.45) is 11.3 Å². The molecule has 1 atom stereocenters. The van der Waals surface area contributed by atoms with E-state index in [0.29, 0.717) is 5.92 Å². The lowest BCUT2D eigenvalue weighted by Crippen LogP contribution is -2.43. The first kappa shape index (κ1) is 15.1. The monoisotopic (exact) mass is 297 g/mol. The Hall–Kier alpha value is -1.86. The first-order valence-corrected chi connectivity index (χ1v) is 8.18. The normalized spacial score (nSPS) is 23.5. The van der Waals surface area contributed by atoms with Gasteiger partial charge >= 0.3 is 0 Å². The van der Waals surface area contributed by atoms with Crippen molar-refractivity contribution in [3.05, 3.63) is 35.9 Å². The number of likely N-dealkylation sites (tertiary alicyclic amines) is 1. The van der Waals surface area contributed by atoms with Gasteiger partial charge in [-0.1, -0.05) is 18.2 Å². The van der Waals surface area contributed by atoms with Crippen LogP contribution in [-0.2, 0) is 0 Å². The van der Waals surface area contributed by atoms with E-state index in [4.69, 9.17) is 0 Å². The molecule has 1 aromatic rings. The third-order valence-corrected chi connectivity index (χ3v) is 4.81. The fourth-order valence-corrected chi connectivity index (χ4v) is 3.27. The van der Waals surface area contributed by atoms with E-state index in [9.17, 15) is 10.1 Å². The molecule has 1 saturated carbocycles. The second-order valence-electron chi connectivity index (χ2n) is 6.71. The summed E-state index contributed by atoms with van der Waals surface area (Å²) in [6.45, 7) is 3.72. The van der Waals surface area contributed by atoms with Gasteiger partial charge in [0.15, 0.2) is 0 Å². The van der Waals surface area contributed by atoms with E-state index >= 15 is 0 Å². The van der Waals surface area contributed by atoms with Crippen molar-refractivity contribution in [2.45, 2.75) is 25.7 Å². The number of hydrogen-bond donors (Lipinski definition) is 1. The Labute approximate surface area is 132 Å². The minimum Gasteiger partial charge on any atom is -0.352 e. The van der Waals surface area contributed by atoms with Gasteiger partial charge in [-0.2, -0.15) is 5.26 Å². The summed E-state index contributed by atoms with van der Waals surface area (Å²) < 4.78 is 0. The van der Waals surface area contributed by atoms with Gasteiger partial charge in [0.2, 0.25) is 0 Å². The molecule has 0 aromatic heterocycles. The van der Waals surface area contributed by atoms with Crippen LogP contribution in [0.15, 0.2) is 30.3 Å². The Balaban J connectivity index is 1.47. The summed E-state index contributed by atoms with van der Waals surface area (Å²) in [6.07, 6.45) is 4.42. The fourth-order valence-electron chi connectivity index (χ4n) is 3.27. The van der Waals surface area contributed by atoms with Crippen LogP contribution >= 0.6 is 0 Å². The van der Waals surface area contributed by atoms with Crippen molar-refractivity contribution in [3.63, 3.8) is 0 Å². The number of nitrogens with zero attached hydrogens (tertiary/aromatic N) is 2. The van der Waals surface area contributed by atoms with Crippen molar-refractivity contribution in [1.82, 2.24) is 10.2 Å². The largest absolute Gasteiger partial charge is 0.352 e. The molecule has 0 spiro atoms. The molecule has 1 aliphatic carbocycles. The van der Waals surface area contributed by atoms with E-state index in [-0.39, 0.29) is 11.3 Å². The maximum Gasteiger partial charge on any atom is 0.251 e. The minimum atomic E-state index is -0.0603. The van der Waals surface area contributed by atoms with E-state index in [0.717, 1.165) is 57.4 Å². The highest BCUT2D eigenvalue weighted by molar-refractivity contribution is 5.94. The number of benzene rings is 1. The van der Waals surface area contributed by atoms with Gasteiger partial charge in [-0.3, -0.25) is 4.79 Å². The predicted molar refractivity (Wildman–Crippen MR) is 85.2 cm³/mol. The van der Waals surface area contributed by atoms with E-state index in [1.807, 2.05) is 30.3 Å². The highest BCUT2D eigenvalue weighted by atomic mass is 16.1. The topological polar surface area (TPSA) is 56.1 Å². The number of carbonyl (C=O) groups is 1. The predicted octanol–water partition coefficient (Wildman–Crippen LogP) is 2.43. The van der Waals surface area contributed by atoms with Crippen molar-refractivity contribution in [3.8, 4) is 6.07 Å². The van der Waals surface area contributed by atoms with Gasteiger partial charge in [-0.25, -0.2) is 0 Å². The van der Waals surface area contributed by atoms with Crippen LogP contribution in [0.1, 0.15) is 36.0 Å². The molecule has 4 nitrogen and oxygen atoms in total. The average molecular weight is 297 g/mol. The molecule has 22 heavy (non-hydrogen) atoms. The number of piperidine rings is 1. The van der Waals surface area contributed by atoms with Gasteiger partial charge < -0.3 is 10.2 Å². The molecule has 0 radical (unpaired) electrons. The lowest BCUT2D eigenvalue weighted by molar-refractivity contribution is 0.0929. The first-order valence-electron chi connectivity index (χ1n) is 8.18. The van der Waals surface area contributed by atoms with Gasteiger partial charge in [0.1, 0.15) is 0 Å².